The van der Waals surface area contributed by atoms with E-state index in [4.69, 9.17) is 4.74 Å². The van der Waals surface area contributed by atoms with E-state index in [1.54, 1.807) is 13.0 Å². The lowest BCUT2D eigenvalue weighted by Gasteiger charge is -2.33. The Balaban J connectivity index is 2.01. The Labute approximate surface area is 162 Å². The van der Waals surface area contributed by atoms with E-state index in [1.165, 1.54) is 24.6 Å². The molecule has 150 valence electrons. The summed E-state index contributed by atoms with van der Waals surface area (Å²) in [5.41, 5.74) is 1.13. The van der Waals surface area contributed by atoms with E-state index in [2.05, 4.69) is 15.5 Å². The first kappa shape index (κ1) is 19.8. The van der Waals surface area contributed by atoms with Gasteiger partial charge >= 0.3 is 12.0 Å². The maximum atomic E-state index is 12.7. The topological polar surface area (TPSA) is 114 Å². The number of nitrogens with zero attached hydrogens (tertiary/aromatic N) is 2. The summed E-state index contributed by atoms with van der Waals surface area (Å²) in [4.78, 5) is 37.8. The average Bonchev–Trinajstić information content (AvgIpc) is 2.68. The minimum Gasteiger partial charge on any atom is -0.463 e. The molecule has 0 aliphatic carbocycles. The first-order valence-electron chi connectivity index (χ1n) is 9.44. The van der Waals surface area contributed by atoms with E-state index >= 15 is 0 Å². The Bertz CT molecular complexity index is 801. The van der Waals surface area contributed by atoms with Gasteiger partial charge in [-0.2, -0.15) is 0 Å². The Hall–Kier alpha value is -2.94. The average molecular weight is 388 g/mol. The van der Waals surface area contributed by atoms with Gasteiger partial charge in [-0.1, -0.05) is 18.6 Å². The van der Waals surface area contributed by atoms with Gasteiger partial charge in [-0.25, -0.2) is 9.59 Å². The number of carbonyl (C=O) groups is 2. The number of urea groups is 1. The smallest absolute Gasteiger partial charge is 0.338 e. The number of carbonyl (C=O) groups excluding carboxylic acids is 2. The molecule has 1 fully saturated rings. The molecule has 1 aromatic carbocycles. The molecule has 1 atom stereocenters. The molecular formula is C19H24N4O5. The zero-order chi connectivity index (χ0) is 20.1. The summed E-state index contributed by atoms with van der Waals surface area (Å²) in [5, 5.41) is 16.6. The van der Waals surface area contributed by atoms with Gasteiger partial charge in [0.15, 0.2) is 0 Å². The number of hydrogen-bond acceptors (Lipinski definition) is 6. The molecule has 28 heavy (non-hydrogen) atoms. The molecule has 3 rings (SSSR count). The highest BCUT2D eigenvalue weighted by Gasteiger charge is 2.35. The summed E-state index contributed by atoms with van der Waals surface area (Å²) in [6.07, 6.45) is 3.32. The monoisotopic (exact) mass is 388 g/mol. The number of benzene rings is 1. The molecule has 1 saturated heterocycles. The molecule has 2 aliphatic rings. The number of non-ortho nitro benzene ring substituents is 1. The van der Waals surface area contributed by atoms with E-state index in [1.807, 2.05) is 0 Å². The van der Waals surface area contributed by atoms with E-state index in [0.717, 1.165) is 25.9 Å². The van der Waals surface area contributed by atoms with Gasteiger partial charge < -0.3 is 15.4 Å². The number of nitro benzene ring substituents is 1. The fraction of sp³-hybridized carbons (Fsp3) is 0.474. The van der Waals surface area contributed by atoms with Gasteiger partial charge in [-0.15, -0.1) is 0 Å². The number of amides is 2. The predicted molar refractivity (Wildman–Crippen MR) is 101 cm³/mol. The fourth-order valence-electron chi connectivity index (χ4n) is 3.60. The summed E-state index contributed by atoms with van der Waals surface area (Å²) in [6.45, 7) is 4.11. The minimum atomic E-state index is -0.813. The number of piperidine rings is 1. The quantitative estimate of drug-likeness (QED) is 0.439. The van der Waals surface area contributed by atoms with Crippen molar-refractivity contribution in [3.63, 3.8) is 0 Å². The van der Waals surface area contributed by atoms with Crippen LogP contribution in [0, 0.1) is 10.1 Å². The number of hydrogen-bond donors (Lipinski definition) is 2. The second kappa shape index (κ2) is 8.83. The van der Waals surface area contributed by atoms with Gasteiger partial charge in [-0.05, 0) is 38.4 Å². The summed E-state index contributed by atoms with van der Waals surface area (Å²) < 4.78 is 5.22. The van der Waals surface area contributed by atoms with Crippen molar-refractivity contribution in [3.8, 4) is 0 Å². The third kappa shape index (κ3) is 4.48. The highest BCUT2D eigenvalue weighted by molar-refractivity contribution is 5.95. The largest absolute Gasteiger partial charge is 0.463 e. The first-order chi connectivity index (χ1) is 13.5. The van der Waals surface area contributed by atoms with Gasteiger partial charge in [0, 0.05) is 24.4 Å². The van der Waals surface area contributed by atoms with Crippen LogP contribution in [0.15, 0.2) is 35.5 Å². The van der Waals surface area contributed by atoms with Crippen LogP contribution >= 0.6 is 0 Å². The lowest BCUT2D eigenvalue weighted by Crippen LogP contribution is -2.49. The zero-order valence-corrected chi connectivity index (χ0v) is 15.8. The summed E-state index contributed by atoms with van der Waals surface area (Å²) >= 11 is 0. The Kier molecular flexibility index (Phi) is 6.25. The number of likely N-dealkylation sites (tertiary alicyclic amines) is 1. The third-order valence-electron chi connectivity index (χ3n) is 4.89. The maximum Gasteiger partial charge on any atom is 0.338 e. The molecule has 0 saturated carbocycles. The maximum absolute atomic E-state index is 12.7. The lowest BCUT2D eigenvalue weighted by molar-refractivity contribution is -0.384. The van der Waals surface area contributed by atoms with Crippen LogP contribution in [-0.2, 0) is 9.53 Å². The van der Waals surface area contributed by atoms with Crippen LogP contribution in [0.4, 0.5) is 10.5 Å². The van der Waals surface area contributed by atoms with Crippen molar-refractivity contribution in [2.45, 2.75) is 32.2 Å². The predicted octanol–water partition coefficient (Wildman–Crippen LogP) is 2.25. The second-order valence-electron chi connectivity index (χ2n) is 6.83. The highest BCUT2D eigenvalue weighted by Crippen LogP contribution is 2.30. The van der Waals surface area contributed by atoms with Crippen molar-refractivity contribution < 1.29 is 19.2 Å². The normalized spacial score (nSPS) is 20.3. The standard InChI is InChI=1S/C19H24N4O5/c1-2-28-18(24)16-15(12-22-9-4-3-5-10-22)20-19(25)21-17(16)13-7-6-8-14(11-13)23(26)27/h6-8,11,17H,2-5,9-10,12H2,1H3,(H2,20,21,25)/t17-/m1/s1. The minimum absolute atomic E-state index is 0.105. The van der Waals surface area contributed by atoms with E-state index in [0.29, 0.717) is 17.8 Å². The van der Waals surface area contributed by atoms with Crippen LogP contribution in [0.1, 0.15) is 37.8 Å². The molecule has 2 aliphatic heterocycles. The van der Waals surface area contributed by atoms with Crippen LogP contribution in [-0.4, -0.2) is 48.1 Å². The number of nitro groups is 1. The number of rotatable bonds is 6. The molecule has 0 spiro atoms. The molecule has 1 aromatic rings. The number of ether oxygens (including phenoxy) is 1. The number of esters is 1. The summed E-state index contributed by atoms with van der Waals surface area (Å²) in [7, 11) is 0. The van der Waals surface area contributed by atoms with Crippen molar-refractivity contribution in [2.75, 3.05) is 26.2 Å². The highest BCUT2D eigenvalue weighted by atomic mass is 16.6. The van der Waals surface area contributed by atoms with Crippen molar-refractivity contribution in [1.82, 2.24) is 15.5 Å². The van der Waals surface area contributed by atoms with Gasteiger partial charge in [0.1, 0.15) is 0 Å². The molecule has 2 N–H and O–H groups in total. The third-order valence-corrected chi connectivity index (χ3v) is 4.89. The van der Waals surface area contributed by atoms with Gasteiger partial charge in [0.2, 0.25) is 0 Å². The van der Waals surface area contributed by atoms with Crippen molar-refractivity contribution in [1.29, 1.82) is 0 Å². The fourth-order valence-corrected chi connectivity index (χ4v) is 3.60. The van der Waals surface area contributed by atoms with Crippen LogP contribution < -0.4 is 10.6 Å². The van der Waals surface area contributed by atoms with Crippen molar-refractivity contribution in [3.05, 3.63) is 51.2 Å². The van der Waals surface area contributed by atoms with Crippen LogP contribution in [0.3, 0.4) is 0 Å². The zero-order valence-electron chi connectivity index (χ0n) is 15.8. The van der Waals surface area contributed by atoms with Crippen LogP contribution in [0.5, 0.6) is 0 Å². The molecule has 0 aromatic heterocycles. The van der Waals surface area contributed by atoms with Gasteiger partial charge in [0.05, 0.1) is 23.1 Å². The molecule has 9 heteroatoms. The molecule has 2 heterocycles. The summed E-state index contributed by atoms with van der Waals surface area (Å²) in [5.74, 6) is -0.543. The first-order valence-corrected chi connectivity index (χ1v) is 9.44. The van der Waals surface area contributed by atoms with Gasteiger partial charge in [0.25, 0.3) is 5.69 Å². The molecule has 9 nitrogen and oxygen atoms in total. The Morgan fingerprint density at radius 1 is 1.32 bits per heavy atom. The molecule has 0 bridgehead atoms. The Morgan fingerprint density at radius 3 is 2.75 bits per heavy atom. The molecule has 0 radical (unpaired) electrons. The SMILES string of the molecule is CCOC(=O)C1=C(CN2CCCCC2)NC(=O)N[C@@H]1c1cccc([N+](=O)[O-])c1. The molecule has 0 unspecified atom stereocenters. The second-order valence-corrected chi connectivity index (χ2v) is 6.83. The summed E-state index contributed by atoms with van der Waals surface area (Å²) in [6, 6.07) is 4.67. The van der Waals surface area contributed by atoms with Crippen LogP contribution in [0.25, 0.3) is 0 Å². The van der Waals surface area contributed by atoms with Crippen molar-refractivity contribution in [2.24, 2.45) is 0 Å². The molecular weight excluding hydrogens is 364 g/mol. The number of nitrogens with one attached hydrogen (secondary N) is 2. The Morgan fingerprint density at radius 2 is 2.07 bits per heavy atom. The van der Waals surface area contributed by atoms with E-state index in [-0.39, 0.29) is 17.9 Å². The van der Waals surface area contributed by atoms with Crippen molar-refractivity contribution >= 4 is 17.7 Å². The van der Waals surface area contributed by atoms with E-state index in [9.17, 15) is 19.7 Å². The lowest BCUT2D eigenvalue weighted by atomic mass is 9.94. The van der Waals surface area contributed by atoms with Gasteiger partial charge in [-0.3, -0.25) is 15.0 Å². The molecule has 2 amide bonds. The van der Waals surface area contributed by atoms with Crippen LogP contribution in [0.2, 0.25) is 0 Å². The van der Waals surface area contributed by atoms with E-state index < -0.39 is 23.0 Å².